The van der Waals surface area contributed by atoms with Crippen molar-refractivity contribution in [2.45, 2.75) is 30.3 Å². The van der Waals surface area contributed by atoms with E-state index >= 15 is 0 Å². The average Bonchev–Trinajstić information content (AvgIpc) is 3.31. The van der Waals surface area contributed by atoms with Gasteiger partial charge >= 0.3 is 6.18 Å². The first-order chi connectivity index (χ1) is 10.7. The second-order valence-electron chi connectivity index (χ2n) is 5.67. The molecule has 9 heteroatoms. The van der Waals surface area contributed by atoms with E-state index in [1.54, 1.807) is 0 Å². The van der Waals surface area contributed by atoms with Gasteiger partial charge in [-0.25, -0.2) is 8.42 Å². The Hall–Kier alpha value is -1.61. The fraction of sp³-hybridized carbons (Fsp3) is 0.500. The summed E-state index contributed by atoms with van der Waals surface area (Å²) in [5, 5.41) is 2.09. The summed E-state index contributed by atoms with van der Waals surface area (Å²) in [6.45, 7) is 0.318. The van der Waals surface area contributed by atoms with Crippen molar-refractivity contribution in [2.24, 2.45) is 0 Å². The molecular formula is C14H15F3N2O3S. The van der Waals surface area contributed by atoms with Crippen LogP contribution in [0.1, 0.15) is 30.0 Å². The van der Waals surface area contributed by atoms with Crippen molar-refractivity contribution in [2.75, 3.05) is 13.1 Å². The Labute approximate surface area is 131 Å². The zero-order valence-electron chi connectivity index (χ0n) is 12.0. The van der Waals surface area contributed by atoms with Gasteiger partial charge in [-0.15, -0.1) is 0 Å². The third kappa shape index (κ3) is 3.07. The Morgan fingerprint density at radius 2 is 1.74 bits per heavy atom. The first kappa shape index (κ1) is 16.3. The molecule has 1 unspecified atom stereocenters. The number of benzene rings is 1. The highest BCUT2D eigenvalue weighted by atomic mass is 32.2. The van der Waals surface area contributed by atoms with Gasteiger partial charge in [0.25, 0.3) is 0 Å². The molecule has 2 aliphatic rings. The summed E-state index contributed by atoms with van der Waals surface area (Å²) in [5.74, 6) is -0.514. The summed E-state index contributed by atoms with van der Waals surface area (Å²) in [7, 11) is -3.61. The van der Waals surface area contributed by atoms with Gasteiger partial charge in [-0.3, -0.25) is 4.79 Å². The van der Waals surface area contributed by atoms with Crippen molar-refractivity contribution in [1.29, 1.82) is 0 Å². The molecule has 1 aromatic rings. The normalized spacial score (nSPS) is 23.6. The minimum Gasteiger partial charge on any atom is -0.353 e. The van der Waals surface area contributed by atoms with E-state index in [2.05, 4.69) is 5.32 Å². The maximum absolute atomic E-state index is 12.6. The van der Waals surface area contributed by atoms with Gasteiger partial charge in [0.05, 0.1) is 10.8 Å². The number of hydrogen-bond acceptors (Lipinski definition) is 3. The van der Waals surface area contributed by atoms with Crippen LogP contribution in [0.5, 0.6) is 0 Å². The molecule has 0 spiro atoms. The third-order valence-corrected chi connectivity index (χ3v) is 6.35. The van der Waals surface area contributed by atoms with Crippen LogP contribution in [-0.4, -0.2) is 37.0 Å². The number of alkyl halides is 3. The molecule has 1 saturated heterocycles. The Bertz CT molecular complexity index is 712. The van der Waals surface area contributed by atoms with Gasteiger partial charge in [-0.1, -0.05) is 12.1 Å². The minimum atomic E-state index is -4.48. The molecule has 0 radical (unpaired) electrons. The van der Waals surface area contributed by atoms with E-state index in [0.717, 1.165) is 28.6 Å². The number of nitrogens with one attached hydrogen (secondary N) is 1. The zero-order chi connectivity index (χ0) is 16.8. The quantitative estimate of drug-likeness (QED) is 0.904. The molecule has 1 heterocycles. The number of amides is 1. The topological polar surface area (TPSA) is 66.5 Å². The Morgan fingerprint density at radius 3 is 2.26 bits per heavy atom. The lowest BCUT2D eigenvalue weighted by atomic mass is 10.0. The molecule has 1 saturated carbocycles. The number of rotatable bonds is 3. The summed E-state index contributed by atoms with van der Waals surface area (Å²) < 4.78 is 64.0. The van der Waals surface area contributed by atoms with Crippen molar-refractivity contribution >= 4 is 15.9 Å². The predicted octanol–water partition coefficient (Wildman–Crippen LogP) is 1.67. The number of halogens is 3. The molecule has 1 amide bonds. The standard InChI is InChI=1S/C14H15F3N2O3S/c15-14(16,17)10-3-1-9(2-4-10)12-13(20)18-7-8-19(12)23(21,22)11-5-6-11/h1-4,11-12H,5-8H2,(H,18,20). The first-order valence-corrected chi connectivity index (χ1v) is 8.67. The smallest absolute Gasteiger partial charge is 0.353 e. The van der Waals surface area contributed by atoms with E-state index in [4.69, 9.17) is 0 Å². The van der Waals surface area contributed by atoms with E-state index in [-0.39, 0.29) is 18.7 Å². The Kier molecular flexibility index (Phi) is 3.88. The largest absolute Gasteiger partial charge is 0.416 e. The van der Waals surface area contributed by atoms with Gasteiger partial charge in [-0.2, -0.15) is 17.5 Å². The van der Waals surface area contributed by atoms with Gasteiger partial charge in [-0.05, 0) is 30.5 Å². The van der Waals surface area contributed by atoms with Crippen molar-refractivity contribution < 1.29 is 26.4 Å². The predicted molar refractivity (Wildman–Crippen MR) is 75.8 cm³/mol. The summed E-state index contributed by atoms with van der Waals surface area (Å²) in [4.78, 5) is 12.1. The Morgan fingerprint density at radius 1 is 1.13 bits per heavy atom. The summed E-state index contributed by atoms with van der Waals surface area (Å²) in [5.41, 5.74) is -0.603. The summed E-state index contributed by atoms with van der Waals surface area (Å²) >= 11 is 0. The molecule has 0 bridgehead atoms. The van der Waals surface area contributed by atoms with Crippen molar-refractivity contribution in [3.63, 3.8) is 0 Å². The van der Waals surface area contributed by atoms with Crippen LogP contribution in [0.4, 0.5) is 13.2 Å². The fourth-order valence-electron chi connectivity index (χ4n) is 2.65. The van der Waals surface area contributed by atoms with E-state index in [9.17, 15) is 26.4 Å². The average molecular weight is 348 g/mol. The van der Waals surface area contributed by atoms with E-state index in [1.165, 1.54) is 0 Å². The molecule has 0 aromatic heterocycles. The number of carbonyl (C=O) groups excluding carboxylic acids is 1. The van der Waals surface area contributed by atoms with Crippen molar-refractivity contribution in [3.8, 4) is 0 Å². The zero-order valence-corrected chi connectivity index (χ0v) is 12.8. The first-order valence-electron chi connectivity index (χ1n) is 7.17. The number of hydrogen-bond donors (Lipinski definition) is 1. The van der Waals surface area contributed by atoms with Gasteiger partial charge in [0.15, 0.2) is 0 Å². The monoisotopic (exact) mass is 348 g/mol. The number of sulfonamides is 1. The highest BCUT2D eigenvalue weighted by molar-refractivity contribution is 7.90. The number of piperazine rings is 1. The van der Waals surface area contributed by atoms with Crippen LogP contribution in [0.25, 0.3) is 0 Å². The fourth-order valence-corrected chi connectivity index (χ4v) is 4.62. The molecule has 1 aromatic carbocycles. The van der Waals surface area contributed by atoms with Crippen LogP contribution in [-0.2, 0) is 21.0 Å². The second kappa shape index (κ2) is 5.48. The van der Waals surface area contributed by atoms with Crippen LogP contribution >= 0.6 is 0 Å². The van der Waals surface area contributed by atoms with Crippen molar-refractivity contribution in [3.05, 3.63) is 35.4 Å². The highest BCUT2D eigenvalue weighted by Crippen LogP contribution is 2.37. The molecule has 1 aliphatic heterocycles. The van der Waals surface area contributed by atoms with Crippen LogP contribution in [0.15, 0.2) is 24.3 Å². The minimum absolute atomic E-state index is 0.121. The molecule has 126 valence electrons. The molecule has 5 nitrogen and oxygen atoms in total. The SMILES string of the molecule is O=C1NCCN(S(=O)(=O)C2CC2)C1c1ccc(C(F)(F)F)cc1. The molecule has 1 atom stereocenters. The molecule has 23 heavy (non-hydrogen) atoms. The maximum atomic E-state index is 12.6. The van der Waals surface area contributed by atoms with Crippen LogP contribution in [0, 0.1) is 0 Å². The number of carbonyl (C=O) groups is 1. The van der Waals surface area contributed by atoms with Crippen LogP contribution in [0.2, 0.25) is 0 Å². The van der Waals surface area contributed by atoms with Gasteiger partial charge in [0.2, 0.25) is 15.9 Å². The van der Waals surface area contributed by atoms with Gasteiger partial charge < -0.3 is 5.32 Å². The van der Waals surface area contributed by atoms with Gasteiger partial charge in [0.1, 0.15) is 6.04 Å². The van der Waals surface area contributed by atoms with Gasteiger partial charge in [0, 0.05) is 13.1 Å². The lowest BCUT2D eigenvalue weighted by molar-refractivity contribution is -0.137. The Balaban J connectivity index is 1.95. The lowest BCUT2D eigenvalue weighted by Crippen LogP contribution is -2.52. The molecule has 1 aliphatic carbocycles. The molecular weight excluding hydrogens is 333 g/mol. The molecule has 1 N–H and O–H groups in total. The third-order valence-electron chi connectivity index (χ3n) is 3.99. The van der Waals surface area contributed by atoms with Crippen LogP contribution in [0.3, 0.4) is 0 Å². The van der Waals surface area contributed by atoms with E-state index < -0.39 is 39.0 Å². The summed E-state index contributed by atoms with van der Waals surface area (Å²) in [6.07, 6.45) is -3.37. The number of nitrogens with zero attached hydrogens (tertiary/aromatic N) is 1. The lowest BCUT2D eigenvalue weighted by Gasteiger charge is -2.34. The molecule has 3 rings (SSSR count). The van der Waals surface area contributed by atoms with E-state index in [1.807, 2.05) is 0 Å². The maximum Gasteiger partial charge on any atom is 0.416 e. The molecule has 2 fully saturated rings. The van der Waals surface area contributed by atoms with Crippen molar-refractivity contribution in [1.82, 2.24) is 9.62 Å². The van der Waals surface area contributed by atoms with Crippen LogP contribution < -0.4 is 5.32 Å². The summed E-state index contributed by atoms with van der Waals surface area (Å²) in [6, 6.07) is 2.93. The second-order valence-corrected chi connectivity index (χ2v) is 7.83. The van der Waals surface area contributed by atoms with E-state index in [0.29, 0.717) is 12.8 Å². The highest BCUT2D eigenvalue weighted by Gasteiger charge is 2.46.